The highest BCUT2D eigenvalue weighted by Gasteiger charge is 2.12. The Bertz CT molecular complexity index is 821. The maximum absolute atomic E-state index is 12.9. The van der Waals surface area contributed by atoms with Crippen molar-refractivity contribution < 1.29 is 30.7 Å². The first-order chi connectivity index (χ1) is 11.1. The second-order valence-corrected chi connectivity index (χ2v) is 5.49. The zero-order chi connectivity index (χ0) is 16.2. The molecular weight excluding hydrogens is 395 g/mol. The van der Waals surface area contributed by atoms with Gasteiger partial charge >= 0.3 is 0 Å². The summed E-state index contributed by atoms with van der Waals surface area (Å²) in [6, 6.07) is 14.7. The highest BCUT2D eigenvalue weighted by molar-refractivity contribution is 6.30. The molecule has 2 aromatic carbocycles. The number of carbonyl (C=O) groups is 1. The van der Waals surface area contributed by atoms with E-state index in [1.54, 1.807) is 29.2 Å². The van der Waals surface area contributed by atoms with Crippen LogP contribution < -0.4 is 21.5 Å². The highest BCUT2D eigenvalue weighted by Crippen LogP contribution is 2.18. The van der Waals surface area contributed by atoms with E-state index in [0.29, 0.717) is 10.6 Å². The Kier molecular flexibility index (Phi) is 6.17. The number of ketones is 1. The summed E-state index contributed by atoms with van der Waals surface area (Å²) < 4.78 is 14.6. The monoisotopic (exact) mass is 406 g/mol. The van der Waals surface area contributed by atoms with Crippen molar-refractivity contribution in [3.8, 4) is 11.3 Å². The van der Waals surface area contributed by atoms with Crippen molar-refractivity contribution in [3.05, 3.63) is 83.5 Å². The fraction of sp³-hybridized carbons (Fsp3) is 0.0556. The van der Waals surface area contributed by atoms with Crippen LogP contribution in [0.15, 0.2) is 67.1 Å². The first kappa shape index (κ1) is 18.2. The van der Waals surface area contributed by atoms with Gasteiger partial charge in [-0.3, -0.25) is 4.79 Å². The molecule has 0 saturated carbocycles. The fourth-order valence-corrected chi connectivity index (χ4v) is 2.29. The van der Waals surface area contributed by atoms with Crippen molar-refractivity contribution in [1.82, 2.24) is 4.98 Å². The van der Waals surface area contributed by atoms with Gasteiger partial charge in [0.25, 0.3) is 6.33 Å². The van der Waals surface area contributed by atoms with Crippen LogP contribution in [0.1, 0.15) is 10.4 Å². The molecule has 24 heavy (non-hydrogen) atoms. The van der Waals surface area contributed by atoms with Crippen molar-refractivity contribution in [3.63, 3.8) is 0 Å². The Morgan fingerprint density at radius 3 is 2.29 bits per heavy atom. The smallest absolute Gasteiger partial charge is 0.287 e. The van der Waals surface area contributed by atoms with Gasteiger partial charge in [-0.1, -0.05) is 11.6 Å². The van der Waals surface area contributed by atoms with Crippen molar-refractivity contribution in [1.29, 1.82) is 0 Å². The lowest BCUT2D eigenvalue weighted by atomic mass is 10.1. The zero-order valence-corrected chi connectivity index (χ0v) is 14.8. The van der Waals surface area contributed by atoms with E-state index >= 15 is 0 Å². The molecule has 0 unspecified atom stereocenters. The molecule has 0 atom stereocenters. The van der Waals surface area contributed by atoms with Crippen LogP contribution in [-0.4, -0.2) is 10.8 Å². The van der Waals surface area contributed by atoms with E-state index in [-0.39, 0.29) is 35.1 Å². The number of hydrogen-bond acceptors (Lipinski definition) is 2. The van der Waals surface area contributed by atoms with E-state index in [2.05, 4.69) is 4.98 Å². The summed E-state index contributed by atoms with van der Waals surface area (Å²) in [5.74, 6) is -0.459. The van der Waals surface area contributed by atoms with Gasteiger partial charge in [-0.25, -0.2) is 8.96 Å². The van der Waals surface area contributed by atoms with Crippen LogP contribution in [0.3, 0.4) is 0 Å². The normalized spacial score (nSPS) is 10.1. The molecule has 6 heteroatoms. The highest BCUT2D eigenvalue weighted by atomic mass is 79.9. The number of Topliss-reactive ketones (excluding diaryl/α,β-unsaturated/α-hetero) is 1. The standard InChI is InChI=1S/C18H13ClFN2O.BrH/c19-15-5-1-13(2-6-15)17-9-10-22(12-21-17)11-18(23)14-3-7-16(20)8-4-14;/h1-10,12H,11H2;1H/q+1;/p-1. The largest absolute Gasteiger partial charge is 1.00 e. The van der Waals surface area contributed by atoms with Gasteiger partial charge in [-0.05, 0) is 53.5 Å². The Morgan fingerprint density at radius 2 is 1.71 bits per heavy atom. The van der Waals surface area contributed by atoms with Gasteiger partial charge in [-0.2, -0.15) is 0 Å². The van der Waals surface area contributed by atoms with Gasteiger partial charge in [-0.15, -0.1) is 0 Å². The van der Waals surface area contributed by atoms with Crippen molar-refractivity contribution in [2.45, 2.75) is 6.54 Å². The summed E-state index contributed by atoms with van der Waals surface area (Å²) in [6.07, 6.45) is 3.39. The first-order valence-electron chi connectivity index (χ1n) is 7.01. The van der Waals surface area contributed by atoms with Crippen LogP contribution in [0.25, 0.3) is 11.3 Å². The molecule has 122 valence electrons. The minimum atomic E-state index is -0.358. The molecule has 0 spiro atoms. The second-order valence-electron chi connectivity index (χ2n) is 5.05. The van der Waals surface area contributed by atoms with Crippen LogP contribution in [0.5, 0.6) is 0 Å². The topological polar surface area (TPSA) is 33.8 Å². The Balaban J connectivity index is 0.00000208. The molecule has 0 saturated heterocycles. The van der Waals surface area contributed by atoms with Gasteiger partial charge in [0.2, 0.25) is 5.78 Å². The number of benzene rings is 2. The van der Waals surface area contributed by atoms with Gasteiger partial charge in [0, 0.05) is 22.2 Å². The molecule has 3 nitrogen and oxygen atoms in total. The molecule has 0 radical (unpaired) electrons. The summed E-state index contributed by atoms with van der Waals surface area (Å²) in [7, 11) is 0. The van der Waals surface area contributed by atoms with Gasteiger partial charge in [0.1, 0.15) is 5.82 Å². The van der Waals surface area contributed by atoms with Crippen LogP contribution in [0.4, 0.5) is 4.39 Å². The molecule has 3 aromatic rings. The van der Waals surface area contributed by atoms with E-state index in [4.69, 9.17) is 11.6 Å². The van der Waals surface area contributed by atoms with Crippen LogP contribution in [0.2, 0.25) is 5.02 Å². The van der Waals surface area contributed by atoms with E-state index in [0.717, 1.165) is 11.3 Å². The van der Waals surface area contributed by atoms with Crippen molar-refractivity contribution >= 4 is 17.4 Å². The first-order valence-corrected chi connectivity index (χ1v) is 7.39. The predicted molar refractivity (Wildman–Crippen MR) is 85.6 cm³/mol. The molecule has 0 aliphatic heterocycles. The molecule has 3 rings (SSSR count). The quantitative estimate of drug-likeness (QED) is 0.472. The van der Waals surface area contributed by atoms with Gasteiger partial charge in [0.15, 0.2) is 12.2 Å². The summed E-state index contributed by atoms with van der Waals surface area (Å²) in [5, 5.41) is 0.671. The lowest BCUT2D eigenvalue weighted by Crippen LogP contribution is -3.00. The van der Waals surface area contributed by atoms with Crippen LogP contribution in [-0.2, 0) is 6.54 Å². The average Bonchev–Trinajstić information content (AvgIpc) is 2.57. The predicted octanol–water partition coefficient (Wildman–Crippen LogP) is 0.715. The van der Waals surface area contributed by atoms with Crippen molar-refractivity contribution in [2.75, 3.05) is 0 Å². The summed E-state index contributed by atoms with van der Waals surface area (Å²) >= 11 is 5.86. The third-order valence-corrected chi connectivity index (χ3v) is 3.65. The molecule has 0 N–H and O–H groups in total. The minimum absolute atomic E-state index is 0. The molecule has 0 fully saturated rings. The Labute approximate surface area is 154 Å². The molecule has 1 aromatic heterocycles. The lowest BCUT2D eigenvalue weighted by molar-refractivity contribution is -0.686. The van der Waals surface area contributed by atoms with Gasteiger partial charge in [0.05, 0.1) is 6.20 Å². The number of aromatic nitrogens is 2. The summed E-state index contributed by atoms with van der Waals surface area (Å²) in [5.41, 5.74) is 2.22. The molecular formula is C18H13BrClFN2O. The Morgan fingerprint density at radius 1 is 1.04 bits per heavy atom. The number of rotatable bonds is 4. The van der Waals surface area contributed by atoms with E-state index in [1.807, 2.05) is 18.2 Å². The molecule has 0 bridgehead atoms. The number of halogens is 3. The maximum Gasteiger partial charge on any atom is 0.287 e. The number of carbonyl (C=O) groups excluding carboxylic acids is 1. The molecule has 0 aliphatic rings. The minimum Gasteiger partial charge on any atom is -1.00 e. The van der Waals surface area contributed by atoms with Gasteiger partial charge < -0.3 is 17.0 Å². The molecule has 0 amide bonds. The average molecular weight is 408 g/mol. The molecule has 0 aliphatic carbocycles. The summed E-state index contributed by atoms with van der Waals surface area (Å²) in [4.78, 5) is 16.5. The van der Waals surface area contributed by atoms with E-state index < -0.39 is 0 Å². The second kappa shape index (κ2) is 8.13. The zero-order valence-electron chi connectivity index (χ0n) is 12.5. The summed E-state index contributed by atoms with van der Waals surface area (Å²) in [6.45, 7) is 0.152. The lowest BCUT2D eigenvalue weighted by Gasteiger charge is -2.01. The molecule has 1 heterocycles. The third-order valence-electron chi connectivity index (χ3n) is 3.40. The van der Waals surface area contributed by atoms with Crippen LogP contribution >= 0.6 is 11.6 Å². The van der Waals surface area contributed by atoms with E-state index in [9.17, 15) is 9.18 Å². The van der Waals surface area contributed by atoms with E-state index in [1.165, 1.54) is 24.3 Å². The number of hydrogen-bond donors (Lipinski definition) is 0. The number of nitrogens with zero attached hydrogens (tertiary/aromatic N) is 2. The SMILES string of the molecule is O=C(C[n+]1ccc(-c2ccc(Cl)cc2)nc1)c1ccc(F)cc1.[Br-]. The van der Waals surface area contributed by atoms with Crippen molar-refractivity contribution in [2.24, 2.45) is 0 Å². The van der Waals surface area contributed by atoms with Crippen LogP contribution in [0, 0.1) is 5.82 Å². The Hall–Kier alpha value is -2.11. The third kappa shape index (κ3) is 4.46. The maximum atomic E-state index is 12.9. The fourth-order valence-electron chi connectivity index (χ4n) is 2.16.